The molecule has 0 saturated carbocycles. The molecule has 2 unspecified atom stereocenters. The number of halogens is 3. The standard InChI is InChI=1S/C20H24N4O2.C2HF3O2/c25-20(15-6-2-1-3-7-15)22-12-18-19-16(9-11-26-18)13-24(23-19)14-17-8-4-5-10-21-17;3-2(4,5)1(6)7/h1-2,4-5,8,10,13,15,18H,3,6-7,9,11-12,14H2,(H,22,25);(H,6,7). The molecule has 178 valence electrons. The molecule has 2 N–H and O–H groups in total. The van der Waals surface area contributed by atoms with Gasteiger partial charge in [-0.05, 0) is 43.4 Å². The number of hydrogen-bond donors (Lipinski definition) is 2. The summed E-state index contributed by atoms with van der Waals surface area (Å²) in [4.78, 5) is 25.6. The maximum atomic E-state index is 12.4. The fourth-order valence-electron chi connectivity index (χ4n) is 3.59. The van der Waals surface area contributed by atoms with Crippen LogP contribution >= 0.6 is 0 Å². The van der Waals surface area contributed by atoms with E-state index in [-0.39, 0.29) is 17.9 Å². The van der Waals surface area contributed by atoms with E-state index in [1.807, 2.05) is 22.9 Å². The third-order valence-electron chi connectivity index (χ3n) is 5.26. The van der Waals surface area contributed by atoms with Crippen LogP contribution in [0.5, 0.6) is 0 Å². The third-order valence-corrected chi connectivity index (χ3v) is 5.26. The number of aliphatic carboxylic acids is 1. The van der Waals surface area contributed by atoms with Crippen molar-refractivity contribution in [1.82, 2.24) is 20.1 Å². The minimum Gasteiger partial charge on any atom is -0.475 e. The summed E-state index contributed by atoms with van der Waals surface area (Å²) in [5, 5.41) is 14.9. The predicted molar refractivity (Wildman–Crippen MR) is 111 cm³/mol. The van der Waals surface area contributed by atoms with Crippen molar-refractivity contribution in [1.29, 1.82) is 0 Å². The van der Waals surface area contributed by atoms with Gasteiger partial charge in [0.15, 0.2) is 0 Å². The van der Waals surface area contributed by atoms with Gasteiger partial charge < -0.3 is 15.2 Å². The molecule has 2 aliphatic rings. The van der Waals surface area contributed by atoms with Crippen LogP contribution in [0.25, 0.3) is 0 Å². The molecule has 2 atom stereocenters. The van der Waals surface area contributed by atoms with Crippen molar-refractivity contribution in [2.24, 2.45) is 5.92 Å². The summed E-state index contributed by atoms with van der Waals surface area (Å²) < 4.78 is 39.5. The Hall–Kier alpha value is -3.21. The van der Waals surface area contributed by atoms with Crippen molar-refractivity contribution in [3.8, 4) is 0 Å². The van der Waals surface area contributed by atoms with E-state index in [9.17, 15) is 18.0 Å². The second-order valence-electron chi connectivity index (χ2n) is 7.70. The zero-order valence-corrected chi connectivity index (χ0v) is 17.8. The van der Waals surface area contributed by atoms with Gasteiger partial charge in [-0.25, -0.2) is 4.79 Å². The lowest BCUT2D eigenvalue weighted by Crippen LogP contribution is -2.36. The first-order chi connectivity index (χ1) is 15.7. The van der Waals surface area contributed by atoms with Gasteiger partial charge in [-0.2, -0.15) is 18.3 Å². The van der Waals surface area contributed by atoms with Crippen LogP contribution in [0.4, 0.5) is 13.2 Å². The number of carbonyl (C=O) groups excluding carboxylic acids is 1. The van der Waals surface area contributed by atoms with Gasteiger partial charge in [0.25, 0.3) is 0 Å². The van der Waals surface area contributed by atoms with Crippen LogP contribution in [-0.2, 0) is 27.3 Å². The number of ether oxygens (including phenoxy) is 1. The van der Waals surface area contributed by atoms with Gasteiger partial charge in [-0.1, -0.05) is 18.2 Å². The molecule has 0 bridgehead atoms. The quantitative estimate of drug-likeness (QED) is 0.656. The number of amides is 1. The number of carboxylic acids is 1. The molecule has 0 aromatic carbocycles. The molecule has 1 amide bonds. The Bertz CT molecular complexity index is 976. The minimum atomic E-state index is -5.08. The van der Waals surface area contributed by atoms with E-state index < -0.39 is 12.1 Å². The molecule has 11 heteroatoms. The lowest BCUT2D eigenvalue weighted by molar-refractivity contribution is -0.192. The molecular weight excluding hydrogens is 441 g/mol. The van der Waals surface area contributed by atoms with Gasteiger partial charge in [0.2, 0.25) is 5.91 Å². The number of fused-ring (bicyclic) bond motifs is 1. The van der Waals surface area contributed by atoms with Gasteiger partial charge in [0.05, 0.1) is 24.5 Å². The number of carbonyl (C=O) groups is 2. The summed E-state index contributed by atoms with van der Waals surface area (Å²) in [5.41, 5.74) is 3.12. The molecular formula is C22H25F3N4O4. The smallest absolute Gasteiger partial charge is 0.475 e. The Balaban J connectivity index is 0.000000383. The van der Waals surface area contributed by atoms with Crippen LogP contribution in [0.3, 0.4) is 0 Å². The molecule has 2 aromatic heterocycles. The van der Waals surface area contributed by atoms with Gasteiger partial charge >= 0.3 is 12.1 Å². The lowest BCUT2D eigenvalue weighted by Gasteiger charge is -2.24. The summed E-state index contributed by atoms with van der Waals surface area (Å²) in [5.74, 6) is -2.55. The van der Waals surface area contributed by atoms with Crippen LogP contribution in [0, 0.1) is 5.92 Å². The van der Waals surface area contributed by atoms with Gasteiger partial charge in [-0.15, -0.1) is 0 Å². The summed E-state index contributed by atoms with van der Waals surface area (Å²) >= 11 is 0. The van der Waals surface area contributed by atoms with Gasteiger partial charge in [0, 0.05) is 24.9 Å². The molecule has 1 aliphatic heterocycles. The molecule has 4 rings (SSSR count). The molecule has 0 fully saturated rings. The van der Waals surface area contributed by atoms with Crippen LogP contribution in [0.2, 0.25) is 0 Å². The Morgan fingerprint density at radius 1 is 1.27 bits per heavy atom. The number of hydrogen-bond acceptors (Lipinski definition) is 5. The normalized spacial score (nSPS) is 19.7. The summed E-state index contributed by atoms with van der Waals surface area (Å²) in [6.45, 7) is 1.78. The number of pyridine rings is 1. The number of nitrogens with zero attached hydrogens (tertiary/aromatic N) is 3. The number of allylic oxidation sites excluding steroid dienone is 2. The Labute approximate surface area is 188 Å². The second kappa shape index (κ2) is 11.1. The van der Waals surface area contributed by atoms with Crippen molar-refractivity contribution >= 4 is 11.9 Å². The highest BCUT2D eigenvalue weighted by molar-refractivity contribution is 5.79. The summed E-state index contributed by atoms with van der Waals surface area (Å²) in [7, 11) is 0. The van der Waals surface area contributed by atoms with Crippen LogP contribution < -0.4 is 5.32 Å². The number of aromatic nitrogens is 3. The molecule has 3 heterocycles. The predicted octanol–water partition coefficient (Wildman–Crippen LogP) is 3.05. The fraction of sp³-hybridized carbons (Fsp3) is 0.455. The first-order valence-electron chi connectivity index (χ1n) is 10.5. The van der Waals surface area contributed by atoms with Crippen molar-refractivity contribution in [2.75, 3.05) is 13.2 Å². The average molecular weight is 466 g/mol. The van der Waals surface area contributed by atoms with Crippen LogP contribution in [0.1, 0.15) is 42.3 Å². The van der Waals surface area contributed by atoms with E-state index >= 15 is 0 Å². The maximum absolute atomic E-state index is 12.4. The fourth-order valence-corrected chi connectivity index (χ4v) is 3.59. The second-order valence-corrected chi connectivity index (χ2v) is 7.70. The maximum Gasteiger partial charge on any atom is 0.490 e. The molecule has 0 saturated heterocycles. The van der Waals surface area contributed by atoms with E-state index in [2.05, 4.69) is 28.6 Å². The highest BCUT2D eigenvalue weighted by Crippen LogP contribution is 2.26. The average Bonchev–Trinajstić information content (AvgIpc) is 3.21. The van der Waals surface area contributed by atoms with E-state index in [1.54, 1.807) is 6.20 Å². The first kappa shape index (κ1) is 24.4. The van der Waals surface area contributed by atoms with E-state index in [0.29, 0.717) is 19.7 Å². The number of alkyl halides is 3. The van der Waals surface area contributed by atoms with E-state index in [0.717, 1.165) is 37.1 Å². The minimum absolute atomic E-state index is 0.0878. The van der Waals surface area contributed by atoms with Crippen LogP contribution in [-0.4, -0.2) is 51.1 Å². The van der Waals surface area contributed by atoms with Crippen molar-refractivity contribution in [3.05, 3.63) is 59.7 Å². The number of carboxylic acid groups (broad SMARTS) is 1. The lowest BCUT2D eigenvalue weighted by atomic mass is 9.93. The molecule has 8 nitrogen and oxygen atoms in total. The monoisotopic (exact) mass is 466 g/mol. The molecule has 0 spiro atoms. The number of nitrogens with one attached hydrogen (secondary N) is 1. The van der Waals surface area contributed by atoms with Crippen molar-refractivity contribution in [2.45, 2.75) is 44.5 Å². The van der Waals surface area contributed by atoms with Crippen LogP contribution in [0.15, 0.2) is 42.7 Å². The van der Waals surface area contributed by atoms with Gasteiger partial charge in [-0.3, -0.25) is 14.5 Å². The Morgan fingerprint density at radius 3 is 2.70 bits per heavy atom. The largest absolute Gasteiger partial charge is 0.490 e. The Morgan fingerprint density at radius 2 is 2.06 bits per heavy atom. The molecule has 0 radical (unpaired) electrons. The topological polar surface area (TPSA) is 106 Å². The molecule has 33 heavy (non-hydrogen) atoms. The molecule has 1 aliphatic carbocycles. The van der Waals surface area contributed by atoms with E-state index in [1.165, 1.54) is 5.56 Å². The Kier molecular flexibility index (Phi) is 8.21. The summed E-state index contributed by atoms with van der Waals surface area (Å²) in [6, 6.07) is 5.88. The molecule has 2 aromatic rings. The third kappa shape index (κ3) is 7.14. The highest BCUT2D eigenvalue weighted by atomic mass is 19.4. The number of rotatable bonds is 5. The first-order valence-corrected chi connectivity index (χ1v) is 10.5. The highest BCUT2D eigenvalue weighted by Gasteiger charge is 2.38. The zero-order valence-electron chi connectivity index (χ0n) is 17.8. The zero-order chi connectivity index (χ0) is 23.8. The van der Waals surface area contributed by atoms with Gasteiger partial charge in [0.1, 0.15) is 6.10 Å². The summed E-state index contributed by atoms with van der Waals surface area (Å²) in [6.07, 6.45) is 6.46. The van der Waals surface area contributed by atoms with Crippen molar-refractivity contribution < 1.29 is 32.6 Å². The SMILES string of the molecule is O=C(NCC1OCCc2cn(Cc3ccccn3)nc21)C1CC=CCC1.O=C(O)C(F)(F)F. The van der Waals surface area contributed by atoms with E-state index in [4.69, 9.17) is 19.7 Å². The van der Waals surface area contributed by atoms with Crippen molar-refractivity contribution in [3.63, 3.8) is 0 Å².